The van der Waals surface area contributed by atoms with E-state index in [1.165, 1.54) is 0 Å². The second-order valence-corrected chi connectivity index (χ2v) is 4.59. The Morgan fingerprint density at radius 3 is 2.78 bits per heavy atom. The minimum atomic E-state index is -0.585. The first-order chi connectivity index (χ1) is 8.75. The van der Waals surface area contributed by atoms with Crippen LogP contribution in [0.15, 0.2) is 48.1 Å². The molecule has 94 valence electrons. The first-order valence-corrected chi connectivity index (χ1v) is 6.39. The van der Waals surface area contributed by atoms with Crippen molar-refractivity contribution in [2.75, 3.05) is 0 Å². The summed E-state index contributed by atoms with van der Waals surface area (Å²) >= 11 is 0. The Morgan fingerprint density at radius 2 is 2.06 bits per heavy atom. The second kappa shape index (κ2) is 6.31. The van der Waals surface area contributed by atoms with E-state index in [4.69, 9.17) is 0 Å². The predicted octanol–water partition coefficient (Wildman–Crippen LogP) is 3.13. The Labute approximate surface area is 108 Å². The maximum atomic E-state index is 11.6. The van der Waals surface area contributed by atoms with Crippen LogP contribution in [0.3, 0.4) is 0 Å². The van der Waals surface area contributed by atoms with E-state index >= 15 is 0 Å². The number of Topliss-reactive ketones (excluding diaryl/α,β-unsaturated/α-hetero) is 1. The number of aliphatic hydroxyl groups excluding tert-OH is 1. The van der Waals surface area contributed by atoms with Gasteiger partial charge in [0.2, 0.25) is 0 Å². The predicted molar refractivity (Wildman–Crippen MR) is 73.0 cm³/mol. The molecule has 1 aromatic carbocycles. The summed E-state index contributed by atoms with van der Waals surface area (Å²) < 4.78 is 0. The summed E-state index contributed by atoms with van der Waals surface area (Å²) in [5.41, 5.74) is 1.84. The van der Waals surface area contributed by atoms with Crippen LogP contribution in [-0.2, 0) is 4.79 Å². The third kappa shape index (κ3) is 3.67. The molecule has 0 amide bonds. The fourth-order valence-electron chi connectivity index (χ4n) is 2.09. The van der Waals surface area contributed by atoms with E-state index in [1.54, 1.807) is 6.08 Å². The van der Waals surface area contributed by atoms with E-state index in [0.29, 0.717) is 12.8 Å². The topological polar surface area (TPSA) is 37.3 Å². The molecule has 18 heavy (non-hydrogen) atoms. The lowest BCUT2D eigenvalue weighted by Gasteiger charge is -2.13. The number of hydrogen-bond donors (Lipinski definition) is 1. The SMILES string of the molecule is O=C1CCCC=C1CC(O)/C=C/c1ccccc1. The molecule has 1 atom stereocenters. The van der Waals surface area contributed by atoms with Gasteiger partial charge in [0, 0.05) is 12.8 Å². The molecular formula is C16H18O2. The van der Waals surface area contributed by atoms with Gasteiger partial charge >= 0.3 is 0 Å². The van der Waals surface area contributed by atoms with Crippen molar-refractivity contribution < 1.29 is 9.90 Å². The Balaban J connectivity index is 1.92. The Morgan fingerprint density at radius 1 is 1.28 bits per heavy atom. The van der Waals surface area contributed by atoms with Crippen LogP contribution in [0.1, 0.15) is 31.2 Å². The van der Waals surface area contributed by atoms with Crippen LogP contribution in [0.25, 0.3) is 6.08 Å². The van der Waals surface area contributed by atoms with E-state index in [-0.39, 0.29) is 5.78 Å². The fourth-order valence-corrected chi connectivity index (χ4v) is 2.09. The van der Waals surface area contributed by atoms with Gasteiger partial charge in [0.15, 0.2) is 5.78 Å². The Kier molecular flexibility index (Phi) is 4.48. The summed E-state index contributed by atoms with van der Waals surface area (Å²) in [7, 11) is 0. The van der Waals surface area contributed by atoms with E-state index in [1.807, 2.05) is 42.5 Å². The standard InChI is InChI=1S/C16H18O2/c17-15(11-10-13-6-2-1-3-7-13)12-14-8-4-5-9-16(14)18/h1-3,6-8,10-11,15,17H,4-5,9,12H2/b11-10+. The molecule has 2 rings (SSSR count). The molecule has 0 bridgehead atoms. The molecule has 1 unspecified atom stereocenters. The van der Waals surface area contributed by atoms with Crippen LogP contribution in [0.2, 0.25) is 0 Å². The molecule has 0 aromatic heterocycles. The van der Waals surface area contributed by atoms with Crippen molar-refractivity contribution in [2.45, 2.75) is 31.8 Å². The highest BCUT2D eigenvalue weighted by Crippen LogP contribution is 2.19. The third-order valence-corrected chi connectivity index (χ3v) is 3.10. The molecule has 2 heteroatoms. The van der Waals surface area contributed by atoms with Gasteiger partial charge in [-0.15, -0.1) is 0 Å². The molecular weight excluding hydrogens is 224 g/mol. The number of carbonyl (C=O) groups excluding carboxylic acids is 1. The van der Waals surface area contributed by atoms with Crippen molar-refractivity contribution in [2.24, 2.45) is 0 Å². The lowest BCUT2D eigenvalue weighted by Crippen LogP contribution is -2.13. The molecule has 0 heterocycles. The van der Waals surface area contributed by atoms with Crippen LogP contribution < -0.4 is 0 Å². The average molecular weight is 242 g/mol. The highest BCUT2D eigenvalue weighted by Gasteiger charge is 2.15. The summed E-state index contributed by atoms with van der Waals surface area (Å²) in [6.45, 7) is 0. The quantitative estimate of drug-likeness (QED) is 0.880. The first kappa shape index (κ1) is 12.8. The summed E-state index contributed by atoms with van der Waals surface area (Å²) in [4.78, 5) is 11.6. The van der Waals surface area contributed by atoms with Crippen LogP contribution in [0.5, 0.6) is 0 Å². The normalized spacial score (nSPS) is 17.8. The number of rotatable bonds is 4. The van der Waals surface area contributed by atoms with Crippen molar-refractivity contribution in [1.29, 1.82) is 0 Å². The Bertz CT molecular complexity index is 457. The van der Waals surface area contributed by atoms with Crippen LogP contribution >= 0.6 is 0 Å². The Hall–Kier alpha value is -1.67. The molecule has 1 aromatic rings. The molecule has 2 nitrogen and oxygen atoms in total. The molecule has 0 aliphatic heterocycles. The first-order valence-electron chi connectivity index (χ1n) is 6.39. The van der Waals surface area contributed by atoms with Gasteiger partial charge in [-0.3, -0.25) is 4.79 Å². The van der Waals surface area contributed by atoms with E-state index in [2.05, 4.69) is 0 Å². The molecule has 0 saturated carbocycles. The molecule has 0 radical (unpaired) electrons. The molecule has 1 aliphatic rings. The lowest BCUT2D eigenvalue weighted by atomic mass is 9.93. The second-order valence-electron chi connectivity index (χ2n) is 4.59. The number of ketones is 1. The minimum absolute atomic E-state index is 0.188. The van der Waals surface area contributed by atoms with Crippen molar-refractivity contribution in [3.8, 4) is 0 Å². The van der Waals surface area contributed by atoms with Gasteiger partial charge in [0.1, 0.15) is 0 Å². The van der Waals surface area contributed by atoms with E-state index in [0.717, 1.165) is 24.0 Å². The zero-order valence-corrected chi connectivity index (χ0v) is 10.4. The molecule has 0 spiro atoms. The van der Waals surface area contributed by atoms with Crippen molar-refractivity contribution in [3.63, 3.8) is 0 Å². The van der Waals surface area contributed by atoms with Crippen molar-refractivity contribution in [1.82, 2.24) is 0 Å². The van der Waals surface area contributed by atoms with Gasteiger partial charge in [0.05, 0.1) is 6.10 Å². The van der Waals surface area contributed by atoms with Gasteiger partial charge in [-0.2, -0.15) is 0 Å². The highest BCUT2D eigenvalue weighted by molar-refractivity contribution is 5.96. The number of allylic oxidation sites excluding steroid dienone is 1. The van der Waals surface area contributed by atoms with Gasteiger partial charge < -0.3 is 5.11 Å². The summed E-state index contributed by atoms with van der Waals surface area (Å²) in [6.07, 6.45) is 7.97. The van der Waals surface area contributed by atoms with Crippen LogP contribution in [-0.4, -0.2) is 17.0 Å². The number of benzene rings is 1. The summed E-state index contributed by atoms with van der Waals surface area (Å²) in [5.74, 6) is 0.188. The number of carbonyl (C=O) groups is 1. The molecule has 1 aliphatic carbocycles. The van der Waals surface area contributed by atoms with E-state index in [9.17, 15) is 9.90 Å². The largest absolute Gasteiger partial charge is 0.389 e. The maximum absolute atomic E-state index is 11.6. The van der Waals surface area contributed by atoms with Gasteiger partial charge in [-0.1, -0.05) is 48.6 Å². The summed E-state index contributed by atoms with van der Waals surface area (Å²) in [5, 5.41) is 9.90. The zero-order chi connectivity index (χ0) is 12.8. The van der Waals surface area contributed by atoms with Crippen molar-refractivity contribution in [3.05, 3.63) is 53.6 Å². The maximum Gasteiger partial charge on any atom is 0.158 e. The fraction of sp³-hybridized carbons (Fsp3) is 0.312. The lowest BCUT2D eigenvalue weighted by molar-refractivity contribution is -0.116. The summed E-state index contributed by atoms with van der Waals surface area (Å²) in [6, 6.07) is 9.83. The van der Waals surface area contributed by atoms with Gasteiger partial charge in [-0.25, -0.2) is 0 Å². The molecule has 0 saturated heterocycles. The van der Waals surface area contributed by atoms with E-state index < -0.39 is 6.10 Å². The van der Waals surface area contributed by atoms with Crippen LogP contribution in [0, 0.1) is 0 Å². The smallest absolute Gasteiger partial charge is 0.158 e. The monoisotopic (exact) mass is 242 g/mol. The molecule has 0 fully saturated rings. The van der Waals surface area contributed by atoms with Gasteiger partial charge in [0.25, 0.3) is 0 Å². The van der Waals surface area contributed by atoms with Crippen molar-refractivity contribution >= 4 is 11.9 Å². The highest BCUT2D eigenvalue weighted by atomic mass is 16.3. The van der Waals surface area contributed by atoms with Gasteiger partial charge in [-0.05, 0) is 24.0 Å². The van der Waals surface area contributed by atoms with Crippen LogP contribution in [0.4, 0.5) is 0 Å². The number of aliphatic hydroxyl groups is 1. The average Bonchev–Trinajstić information content (AvgIpc) is 2.40. The molecule has 1 N–H and O–H groups in total. The third-order valence-electron chi connectivity index (χ3n) is 3.10. The minimum Gasteiger partial charge on any atom is -0.389 e. The zero-order valence-electron chi connectivity index (χ0n) is 10.4. The number of hydrogen-bond acceptors (Lipinski definition) is 2.